The highest BCUT2D eigenvalue weighted by molar-refractivity contribution is 14.0. The van der Waals surface area contributed by atoms with Gasteiger partial charge in [0.25, 0.3) is 0 Å². The first-order valence-electron chi connectivity index (χ1n) is 7.96. The van der Waals surface area contributed by atoms with E-state index in [0.29, 0.717) is 6.04 Å². The summed E-state index contributed by atoms with van der Waals surface area (Å²) in [7, 11) is 1.84. The molecule has 0 amide bonds. The van der Waals surface area contributed by atoms with Gasteiger partial charge in [-0.1, -0.05) is 6.92 Å². The molecule has 2 heterocycles. The van der Waals surface area contributed by atoms with Crippen molar-refractivity contribution >= 4 is 41.3 Å². The maximum Gasteiger partial charge on any atom is 0.191 e. The second kappa shape index (κ2) is 10.4. The van der Waals surface area contributed by atoms with Crippen LogP contribution in [0.3, 0.4) is 0 Å². The summed E-state index contributed by atoms with van der Waals surface area (Å²) in [5.74, 6) is 0.902. The van der Waals surface area contributed by atoms with Crippen molar-refractivity contribution in [3.05, 3.63) is 21.9 Å². The van der Waals surface area contributed by atoms with Gasteiger partial charge in [0.1, 0.15) is 0 Å². The first kappa shape index (κ1) is 19.7. The predicted molar refractivity (Wildman–Crippen MR) is 108 cm³/mol. The molecule has 1 aliphatic heterocycles. The molecule has 0 aromatic carbocycles. The van der Waals surface area contributed by atoms with E-state index in [1.807, 2.05) is 18.4 Å². The maximum absolute atomic E-state index is 4.32. The Balaban J connectivity index is 0.00000242. The van der Waals surface area contributed by atoms with Crippen LogP contribution >= 0.6 is 35.3 Å². The number of aryl methyl sites for hydroxylation is 1. The smallest absolute Gasteiger partial charge is 0.191 e. The second-order valence-electron chi connectivity index (χ2n) is 5.62. The van der Waals surface area contributed by atoms with Crippen LogP contribution < -0.4 is 10.6 Å². The Hall–Kier alpha value is -0.340. The molecular weight excluding hydrogens is 407 g/mol. The van der Waals surface area contributed by atoms with Crippen molar-refractivity contribution < 1.29 is 0 Å². The Labute approximate surface area is 155 Å². The van der Waals surface area contributed by atoms with Crippen molar-refractivity contribution in [3.63, 3.8) is 0 Å². The summed E-state index contributed by atoms with van der Waals surface area (Å²) in [6.45, 7) is 8.73. The molecule has 1 saturated heterocycles. The number of guanidine groups is 1. The fourth-order valence-corrected chi connectivity index (χ4v) is 3.65. The zero-order chi connectivity index (χ0) is 15.1. The Kier molecular flexibility index (Phi) is 9.35. The van der Waals surface area contributed by atoms with Gasteiger partial charge in [0.2, 0.25) is 0 Å². The third kappa shape index (κ3) is 6.04. The van der Waals surface area contributed by atoms with E-state index in [1.54, 1.807) is 0 Å². The van der Waals surface area contributed by atoms with E-state index >= 15 is 0 Å². The summed E-state index contributed by atoms with van der Waals surface area (Å²) in [5, 5.41) is 6.88. The molecule has 2 N–H and O–H groups in total. The molecule has 1 unspecified atom stereocenters. The number of rotatable bonds is 6. The lowest BCUT2D eigenvalue weighted by atomic mass is 10.2. The van der Waals surface area contributed by atoms with Crippen molar-refractivity contribution in [3.8, 4) is 0 Å². The standard InChI is InChI=1S/C16H28N4S.HI/c1-4-14(20-9-5-6-10-20)11-18-16(17-3)19-12-15-8-7-13(2)21-15;/h7-8,14H,4-6,9-12H2,1-3H3,(H2,17,18,19);1H. The molecular formula is C16H29IN4S. The zero-order valence-corrected chi connectivity index (χ0v) is 17.0. The van der Waals surface area contributed by atoms with E-state index in [0.717, 1.165) is 19.0 Å². The van der Waals surface area contributed by atoms with Gasteiger partial charge in [0, 0.05) is 29.4 Å². The molecule has 1 fully saturated rings. The fourth-order valence-electron chi connectivity index (χ4n) is 2.82. The molecule has 22 heavy (non-hydrogen) atoms. The van der Waals surface area contributed by atoms with E-state index in [9.17, 15) is 0 Å². The molecule has 126 valence electrons. The van der Waals surface area contributed by atoms with Crippen LogP contribution in [0.2, 0.25) is 0 Å². The van der Waals surface area contributed by atoms with Crippen molar-refractivity contribution in [2.75, 3.05) is 26.7 Å². The van der Waals surface area contributed by atoms with Gasteiger partial charge in [0.05, 0.1) is 6.54 Å². The lowest BCUT2D eigenvalue weighted by Gasteiger charge is -2.27. The average molecular weight is 436 g/mol. The van der Waals surface area contributed by atoms with E-state index in [-0.39, 0.29) is 24.0 Å². The van der Waals surface area contributed by atoms with E-state index < -0.39 is 0 Å². The summed E-state index contributed by atoms with van der Waals surface area (Å²) in [4.78, 5) is 9.63. The Bertz CT molecular complexity index is 455. The van der Waals surface area contributed by atoms with Gasteiger partial charge < -0.3 is 10.6 Å². The number of hydrogen-bond donors (Lipinski definition) is 2. The molecule has 4 nitrogen and oxygen atoms in total. The van der Waals surface area contributed by atoms with Crippen LogP contribution in [0.15, 0.2) is 17.1 Å². The minimum absolute atomic E-state index is 0. The van der Waals surface area contributed by atoms with Crippen LogP contribution in [0.25, 0.3) is 0 Å². The van der Waals surface area contributed by atoms with Gasteiger partial charge in [-0.3, -0.25) is 9.89 Å². The van der Waals surface area contributed by atoms with Crippen LogP contribution in [0.1, 0.15) is 35.9 Å². The number of likely N-dealkylation sites (tertiary alicyclic amines) is 1. The minimum Gasteiger partial charge on any atom is -0.355 e. The Morgan fingerprint density at radius 3 is 2.59 bits per heavy atom. The second-order valence-corrected chi connectivity index (χ2v) is 7.00. The van der Waals surface area contributed by atoms with Gasteiger partial charge in [-0.15, -0.1) is 35.3 Å². The SMILES string of the molecule is CCC(CNC(=NC)NCc1ccc(C)s1)N1CCCC1.I. The first-order chi connectivity index (χ1) is 10.2. The largest absolute Gasteiger partial charge is 0.355 e. The van der Waals surface area contributed by atoms with E-state index in [4.69, 9.17) is 0 Å². The van der Waals surface area contributed by atoms with E-state index in [1.165, 1.54) is 42.1 Å². The van der Waals surface area contributed by atoms with Crippen molar-refractivity contribution in [1.82, 2.24) is 15.5 Å². The highest BCUT2D eigenvalue weighted by atomic mass is 127. The molecule has 1 aliphatic rings. The molecule has 6 heteroatoms. The number of hydrogen-bond acceptors (Lipinski definition) is 3. The topological polar surface area (TPSA) is 39.7 Å². The molecule has 0 aliphatic carbocycles. The van der Waals surface area contributed by atoms with Crippen molar-refractivity contribution in [2.45, 2.75) is 45.7 Å². The molecule has 0 radical (unpaired) electrons. The number of thiophene rings is 1. The average Bonchev–Trinajstić information content (AvgIpc) is 3.14. The van der Waals surface area contributed by atoms with Gasteiger partial charge in [0.15, 0.2) is 5.96 Å². The number of nitrogens with zero attached hydrogens (tertiary/aromatic N) is 2. The third-order valence-electron chi connectivity index (χ3n) is 4.08. The van der Waals surface area contributed by atoms with Gasteiger partial charge in [-0.2, -0.15) is 0 Å². The van der Waals surface area contributed by atoms with E-state index in [2.05, 4.69) is 46.5 Å². The summed E-state index contributed by atoms with van der Waals surface area (Å²) >= 11 is 1.84. The van der Waals surface area contributed by atoms with Crippen LogP contribution in [-0.2, 0) is 6.54 Å². The predicted octanol–water partition coefficient (Wildman–Crippen LogP) is 3.21. The van der Waals surface area contributed by atoms with Crippen molar-refractivity contribution in [2.24, 2.45) is 4.99 Å². The summed E-state index contributed by atoms with van der Waals surface area (Å²) in [6.07, 6.45) is 3.89. The molecule has 1 aromatic heterocycles. The molecule has 0 bridgehead atoms. The summed E-state index contributed by atoms with van der Waals surface area (Å²) < 4.78 is 0. The summed E-state index contributed by atoms with van der Waals surface area (Å²) in [6, 6.07) is 4.97. The fraction of sp³-hybridized carbons (Fsp3) is 0.688. The van der Waals surface area contributed by atoms with Gasteiger partial charge in [-0.25, -0.2) is 0 Å². The Morgan fingerprint density at radius 2 is 2.05 bits per heavy atom. The summed E-state index contributed by atoms with van der Waals surface area (Å²) in [5.41, 5.74) is 0. The normalized spacial score (nSPS) is 17.1. The highest BCUT2D eigenvalue weighted by Crippen LogP contribution is 2.15. The molecule has 1 atom stereocenters. The molecule has 1 aromatic rings. The van der Waals surface area contributed by atoms with Crippen LogP contribution in [0.5, 0.6) is 0 Å². The lowest BCUT2D eigenvalue weighted by molar-refractivity contribution is 0.236. The molecule has 0 saturated carbocycles. The van der Waals surface area contributed by atoms with Crippen molar-refractivity contribution in [1.29, 1.82) is 0 Å². The molecule has 0 spiro atoms. The first-order valence-corrected chi connectivity index (χ1v) is 8.78. The number of aliphatic imine (C=N–C) groups is 1. The van der Waals surface area contributed by atoms with Crippen LogP contribution in [0, 0.1) is 6.92 Å². The van der Waals surface area contributed by atoms with Crippen LogP contribution in [-0.4, -0.2) is 43.6 Å². The minimum atomic E-state index is 0. The molecule has 2 rings (SSSR count). The van der Waals surface area contributed by atoms with Gasteiger partial charge >= 0.3 is 0 Å². The van der Waals surface area contributed by atoms with Gasteiger partial charge in [-0.05, 0) is 51.4 Å². The highest BCUT2D eigenvalue weighted by Gasteiger charge is 2.20. The maximum atomic E-state index is 4.32. The lowest BCUT2D eigenvalue weighted by Crippen LogP contribution is -2.46. The van der Waals surface area contributed by atoms with Crippen LogP contribution in [0.4, 0.5) is 0 Å². The quantitative estimate of drug-likeness (QED) is 0.409. The monoisotopic (exact) mass is 436 g/mol. The third-order valence-corrected chi connectivity index (χ3v) is 5.08. The Morgan fingerprint density at radius 1 is 1.32 bits per heavy atom. The number of halogens is 1. The number of nitrogens with one attached hydrogen (secondary N) is 2. The zero-order valence-electron chi connectivity index (χ0n) is 13.9.